The van der Waals surface area contributed by atoms with E-state index in [-0.39, 0.29) is 0 Å². The van der Waals surface area contributed by atoms with Crippen LogP contribution in [0.2, 0.25) is 0 Å². The molecule has 0 aliphatic carbocycles. The Bertz CT molecular complexity index is 4210. The predicted molar refractivity (Wildman–Crippen MR) is 284 cm³/mol. The van der Waals surface area contributed by atoms with E-state index in [0.29, 0.717) is 0 Å². The van der Waals surface area contributed by atoms with Gasteiger partial charge in [-0.05, 0) is 106 Å². The first-order valence-electron chi connectivity index (χ1n) is 23.2. The standard InChI is InChI=1S/C64H40N2O2/c1-2-17-46-41(15-1)16-13-23-47(46)42-31-35-45(36-32-42)66(57-27-10-5-20-51(57)52-24-14-30-61-62(52)53-21-6-11-28-59(53)67-61)58-40-39-48(64-63(58)54-22-7-12-29-60(54)68-64)43-33-37-44(38-34-43)65-55-25-8-3-18-49(55)50-19-4-9-26-56(50)65/h1-40H. The average molecular weight is 869 g/mol. The van der Waals surface area contributed by atoms with Gasteiger partial charge < -0.3 is 18.3 Å². The van der Waals surface area contributed by atoms with E-state index in [0.717, 1.165) is 94.4 Å². The van der Waals surface area contributed by atoms with Crippen molar-refractivity contribution in [2.45, 2.75) is 0 Å². The zero-order valence-corrected chi connectivity index (χ0v) is 36.8. The van der Waals surface area contributed by atoms with Crippen LogP contribution in [-0.2, 0) is 0 Å². The highest BCUT2D eigenvalue weighted by Gasteiger charge is 2.25. The summed E-state index contributed by atoms with van der Waals surface area (Å²) in [7, 11) is 0. The van der Waals surface area contributed by atoms with Crippen molar-refractivity contribution < 1.29 is 8.83 Å². The van der Waals surface area contributed by atoms with Crippen LogP contribution < -0.4 is 4.90 Å². The SMILES string of the molecule is c1ccc(N(c2ccc(-c3cccc4ccccc34)cc2)c2ccc(-c3ccc(-n4c5ccccc5c5ccccc54)cc3)c3oc4ccccc4c23)c(-c2cccc3oc4ccccc4c23)c1. The van der Waals surface area contributed by atoms with Crippen LogP contribution in [0.1, 0.15) is 0 Å². The molecule has 0 saturated carbocycles. The van der Waals surface area contributed by atoms with Crippen LogP contribution in [0.4, 0.5) is 17.1 Å². The molecule has 14 aromatic rings. The van der Waals surface area contributed by atoms with E-state index in [4.69, 9.17) is 8.83 Å². The van der Waals surface area contributed by atoms with Crippen LogP contribution in [0.25, 0.3) is 116 Å². The molecule has 0 bridgehead atoms. The Balaban J connectivity index is 0.982. The number of aromatic nitrogens is 1. The minimum atomic E-state index is 0.839. The summed E-state index contributed by atoms with van der Waals surface area (Å²) in [5.41, 5.74) is 16.7. The molecule has 0 spiro atoms. The lowest BCUT2D eigenvalue weighted by Gasteiger charge is -2.29. The van der Waals surface area contributed by atoms with Crippen molar-refractivity contribution in [2.24, 2.45) is 0 Å². The first-order valence-corrected chi connectivity index (χ1v) is 23.2. The van der Waals surface area contributed by atoms with Crippen LogP contribution >= 0.6 is 0 Å². The molecule has 11 aromatic carbocycles. The molecule has 68 heavy (non-hydrogen) atoms. The van der Waals surface area contributed by atoms with Crippen molar-refractivity contribution in [1.82, 2.24) is 4.57 Å². The maximum absolute atomic E-state index is 7.00. The molecule has 4 nitrogen and oxygen atoms in total. The molecule has 4 heteroatoms. The number of hydrogen-bond acceptors (Lipinski definition) is 3. The first kappa shape index (κ1) is 38.2. The molecular weight excluding hydrogens is 829 g/mol. The largest absolute Gasteiger partial charge is 0.456 e. The molecule has 318 valence electrons. The van der Waals surface area contributed by atoms with Crippen molar-refractivity contribution in [2.75, 3.05) is 4.90 Å². The molecular formula is C64H40N2O2. The van der Waals surface area contributed by atoms with E-state index < -0.39 is 0 Å². The van der Waals surface area contributed by atoms with Crippen LogP contribution in [0.15, 0.2) is 251 Å². The lowest BCUT2D eigenvalue weighted by molar-refractivity contribution is 0.669. The lowest BCUT2D eigenvalue weighted by Crippen LogP contribution is -2.12. The number of fused-ring (bicyclic) bond motifs is 10. The number of nitrogens with zero attached hydrogens (tertiary/aromatic N) is 2. The third-order valence-corrected chi connectivity index (χ3v) is 13.8. The van der Waals surface area contributed by atoms with E-state index in [1.165, 1.54) is 38.1 Å². The zero-order valence-electron chi connectivity index (χ0n) is 36.8. The number of para-hydroxylation sites is 5. The summed E-state index contributed by atoms with van der Waals surface area (Å²) in [5, 5.41) is 9.24. The second-order valence-corrected chi connectivity index (χ2v) is 17.6. The van der Waals surface area contributed by atoms with Crippen LogP contribution in [0.5, 0.6) is 0 Å². The maximum atomic E-state index is 7.00. The van der Waals surface area contributed by atoms with Gasteiger partial charge in [-0.2, -0.15) is 0 Å². The molecule has 3 aromatic heterocycles. The van der Waals surface area contributed by atoms with Crippen molar-refractivity contribution in [3.8, 4) is 39.1 Å². The molecule has 0 atom stereocenters. The summed E-state index contributed by atoms with van der Waals surface area (Å²) in [6.45, 7) is 0. The van der Waals surface area contributed by atoms with Crippen LogP contribution in [0.3, 0.4) is 0 Å². The third kappa shape index (κ3) is 5.87. The second kappa shape index (κ2) is 15.2. The minimum Gasteiger partial charge on any atom is -0.456 e. The molecule has 3 heterocycles. The molecule has 0 amide bonds. The number of hydrogen-bond donors (Lipinski definition) is 0. The molecule has 0 aliphatic heterocycles. The second-order valence-electron chi connectivity index (χ2n) is 17.6. The molecule has 0 fully saturated rings. The van der Waals surface area contributed by atoms with Gasteiger partial charge in [0.25, 0.3) is 0 Å². The molecule has 0 radical (unpaired) electrons. The summed E-state index contributed by atoms with van der Waals surface area (Å²) in [6, 6.07) is 86.9. The number of anilines is 3. The third-order valence-electron chi connectivity index (χ3n) is 13.8. The monoisotopic (exact) mass is 868 g/mol. The van der Waals surface area contributed by atoms with Gasteiger partial charge in [0.2, 0.25) is 0 Å². The maximum Gasteiger partial charge on any atom is 0.145 e. The van der Waals surface area contributed by atoms with Crippen molar-refractivity contribution in [1.29, 1.82) is 0 Å². The normalized spacial score (nSPS) is 11.8. The number of benzene rings is 11. The fraction of sp³-hybridized carbons (Fsp3) is 0. The quantitative estimate of drug-likeness (QED) is 0.160. The Kier molecular flexibility index (Phi) is 8.55. The smallest absolute Gasteiger partial charge is 0.145 e. The fourth-order valence-corrected chi connectivity index (χ4v) is 10.8. The van der Waals surface area contributed by atoms with E-state index in [2.05, 4.69) is 246 Å². The summed E-state index contributed by atoms with van der Waals surface area (Å²) >= 11 is 0. The van der Waals surface area contributed by atoms with Crippen molar-refractivity contribution >= 4 is 93.5 Å². The van der Waals surface area contributed by atoms with Crippen LogP contribution in [-0.4, -0.2) is 4.57 Å². The minimum absolute atomic E-state index is 0.839. The van der Waals surface area contributed by atoms with Crippen molar-refractivity contribution in [3.05, 3.63) is 243 Å². The van der Waals surface area contributed by atoms with Crippen LogP contribution in [0, 0.1) is 0 Å². The lowest BCUT2D eigenvalue weighted by atomic mass is 9.95. The van der Waals surface area contributed by atoms with Gasteiger partial charge in [-0.15, -0.1) is 0 Å². The summed E-state index contributed by atoms with van der Waals surface area (Å²) in [4.78, 5) is 2.42. The highest BCUT2D eigenvalue weighted by Crippen LogP contribution is 2.50. The number of rotatable bonds is 7. The molecule has 0 saturated heterocycles. The van der Waals surface area contributed by atoms with Gasteiger partial charge >= 0.3 is 0 Å². The van der Waals surface area contributed by atoms with Gasteiger partial charge in [-0.3, -0.25) is 0 Å². The Morgan fingerprint density at radius 1 is 0.309 bits per heavy atom. The summed E-state index contributed by atoms with van der Waals surface area (Å²) in [6.07, 6.45) is 0. The van der Waals surface area contributed by atoms with E-state index >= 15 is 0 Å². The highest BCUT2D eigenvalue weighted by molar-refractivity contribution is 6.19. The Labute approximate surface area is 391 Å². The number of furan rings is 2. The average Bonchev–Trinajstić information content (AvgIpc) is 4.10. The molecule has 0 aliphatic rings. The Hall–Kier alpha value is -9.12. The van der Waals surface area contributed by atoms with E-state index in [1.54, 1.807) is 0 Å². The van der Waals surface area contributed by atoms with Gasteiger partial charge in [0.15, 0.2) is 0 Å². The summed E-state index contributed by atoms with van der Waals surface area (Å²) < 4.78 is 15.8. The first-order chi connectivity index (χ1) is 33.7. The van der Waals surface area contributed by atoms with Gasteiger partial charge in [-0.1, -0.05) is 170 Å². The summed E-state index contributed by atoms with van der Waals surface area (Å²) in [5.74, 6) is 0. The van der Waals surface area contributed by atoms with E-state index in [1.807, 2.05) is 6.07 Å². The van der Waals surface area contributed by atoms with Gasteiger partial charge in [0.1, 0.15) is 22.3 Å². The predicted octanol–water partition coefficient (Wildman–Crippen LogP) is 18.2. The fourth-order valence-electron chi connectivity index (χ4n) is 10.8. The van der Waals surface area contributed by atoms with Gasteiger partial charge in [0.05, 0.1) is 27.8 Å². The van der Waals surface area contributed by atoms with Crippen molar-refractivity contribution in [3.63, 3.8) is 0 Å². The highest BCUT2D eigenvalue weighted by atomic mass is 16.3. The Morgan fingerprint density at radius 2 is 0.838 bits per heavy atom. The zero-order chi connectivity index (χ0) is 44.7. The van der Waals surface area contributed by atoms with E-state index in [9.17, 15) is 0 Å². The Morgan fingerprint density at radius 3 is 1.60 bits per heavy atom. The molecule has 14 rings (SSSR count). The molecule has 0 N–H and O–H groups in total. The van der Waals surface area contributed by atoms with Gasteiger partial charge in [-0.25, -0.2) is 0 Å². The van der Waals surface area contributed by atoms with Gasteiger partial charge in [0, 0.05) is 49.4 Å². The molecule has 0 unspecified atom stereocenters. The topological polar surface area (TPSA) is 34.5 Å².